The van der Waals surface area contributed by atoms with Crippen molar-refractivity contribution in [1.29, 1.82) is 0 Å². The van der Waals surface area contributed by atoms with Gasteiger partial charge in [0.15, 0.2) is 0 Å². The predicted molar refractivity (Wildman–Crippen MR) is 66.2 cm³/mol. The highest BCUT2D eigenvalue weighted by molar-refractivity contribution is 5.18. The minimum Gasteiger partial charge on any atom is -0.387 e. The van der Waals surface area contributed by atoms with E-state index in [1.807, 2.05) is 0 Å². The fourth-order valence-corrected chi connectivity index (χ4v) is 2.60. The molecule has 1 aromatic rings. The van der Waals surface area contributed by atoms with E-state index in [2.05, 4.69) is 18.7 Å². The van der Waals surface area contributed by atoms with E-state index in [-0.39, 0.29) is 5.82 Å². The van der Waals surface area contributed by atoms with Crippen LogP contribution in [0, 0.1) is 5.82 Å². The molecule has 1 fully saturated rings. The van der Waals surface area contributed by atoms with Gasteiger partial charge in [-0.15, -0.1) is 0 Å². The Hall–Kier alpha value is -0.930. The first-order chi connectivity index (χ1) is 8.08. The van der Waals surface area contributed by atoms with Crippen molar-refractivity contribution in [3.05, 3.63) is 35.6 Å². The van der Waals surface area contributed by atoms with Crippen molar-refractivity contribution in [2.45, 2.75) is 44.9 Å². The molecule has 17 heavy (non-hydrogen) atoms. The second-order valence-electron chi connectivity index (χ2n) is 5.04. The maximum absolute atomic E-state index is 12.8. The zero-order chi connectivity index (χ0) is 12.4. The lowest BCUT2D eigenvalue weighted by Crippen LogP contribution is -2.36. The monoisotopic (exact) mass is 237 g/mol. The molecule has 0 radical (unpaired) electrons. The average Bonchev–Trinajstić information content (AvgIpc) is 2.61. The minimum atomic E-state index is -0.529. The molecule has 2 nitrogen and oxygen atoms in total. The zero-order valence-corrected chi connectivity index (χ0v) is 10.4. The summed E-state index contributed by atoms with van der Waals surface area (Å²) in [5, 5.41) is 10.1. The van der Waals surface area contributed by atoms with Gasteiger partial charge >= 0.3 is 0 Å². The van der Waals surface area contributed by atoms with Gasteiger partial charge in [0.25, 0.3) is 0 Å². The van der Waals surface area contributed by atoms with Crippen LogP contribution < -0.4 is 0 Å². The molecule has 3 unspecified atom stereocenters. The van der Waals surface area contributed by atoms with E-state index in [4.69, 9.17) is 0 Å². The first kappa shape index (κ1) is 12.5. The maximum atomic E-state index is 12.8. The molecule has 0 amide bonds. The third kappa shape index (κ3) is 2.85. The standard InChI is InChI=1S/C14H20FNO/c1-10-3-4-11(2)16(10)9-14(17)12-5-7-13(15)8-6-12/h5-8,10-11,14,17H,3-4,9H2,1-2H3. The number of hydrogen-bond donors (Lipinski definition) is 1. The van der Waals surface area contributed by atoms with Gasteiger partial charge in [0.1, 0.15) is 5.82 Å². The number of aliphatic hydroxyl groups is 1. The number of hydrogen-bond acceptors (Lipinski definition) is 2. The van der Waals surface area contributed by atoms with E-state index in [1.165, 1.54) is 25.0 Å². The van der Waals surface area contributed by atoms with Crippen molar-refractivity contribution in [3.8, 4) is 0 Å². The number of benzene rings is 1. The Morgan fingerprint density at radius 1 is 1.24 bits per heavy atom. The summed E-state index contributed by atoms with van der Waals surface area (Å²) < 4.78 is 12.8. The molecule has 1 heterocycles. The molecule has 3 atom stereocenters. The SMILES string of the molecule is CC1CCC(C)N1CC(O)c1ccc(F)cc1. The highest BCUT2D eigenvalue weighted by Gasteiger charge is 2.28. The fraction of sp³-hybridized carbons (Fsp3) is 0.571. The Morgan fingerprint density at radius 2 is 1.76 bits per heavy atom. The van der Waals surface area contributed by atoms with Crippen LogP contribution in [0.1, 0.15) is 38.4 Å². The molecule has 94 valence electrons. The van der Waals surface area contributed by atoms with Gasteiger partial charge in [-0.3, -0.25) is 4.90 Å². The third-order valence-corrected chi connectivity index (χ3v) is 3.77. The third-order valence-electron chi connectivity index (χ3n) is 3.77. The van der Waals surface area contributed by atoms with Crippen LogP contribution in [0.2, 0.25) is 0 Å². The Balaban J connectivity index is 2.01. The molecular formula is C14H20FNO. The van der Waals surface area contributed by atoms with Crippen molar-refractivity contribution >= 4 is 0 Å². The second-order valence-corrected chi connectivity index (χ2v) is 5.04. The normalized spacial score (nSPS) is 27.3. The quantitative estimate of drug-likeness (QED) is 0.873. The topological polar surface area (TPSA) is 23.5 Å². The molecule has 1 aliphatic heterocycles. The number of rotatable bonds is 3. The van der Waals surface area contributed by atoms with Gasteiger partial charge in [-0.05, 0) is 44.4 Å². The second kappa shape index (κ2) is 5.15. The molecule has 0 saturated carbocycles. The van der Waals surface area contributed by atoms with Crippen LogP contribution >= 0.6 is 0 Å². The molecule has 1 saturated heterocycles. The molecule has 1 aromatic carbocycles. The Kier molecular flexibility index (Phi) is 3.79. The van der Waals surface area contributed by atoms with E-state index in [1.54, 1.807) is 12.1 Å². The molecule has 2 rings (SSSR count). The summed E-state index contributed by atoms with van der Waals surface area (Å²) in [5.74, 6) is -0.260. The summed E-state index contributed by atoms with van der Waals surface area (Å²) in [5.41, 5.74) is 0.790. The van der Waals surface area contributed by atoms with Gasteiger partial charge in [-0.25, -0.2) is 4.39 Å². The number of aliphatic hydroxyl groups excluding tert-OH is 1. The predicted octanol–water partition coefficient (Wildman–Crippen LogP) is 2.73. The van der Waals surface area contributed by atoms with Gasteiger partial charge in [0.05, 0.1) is 6.10 Å². The molecular weight excluding hydrogens is 217 g/mol. The van der Waals surface area contributed by atoms with E-state index >= 15 is 0 Å². The van der Waals surface area contributed by atoms with Crippen LogP contribution in [0.5, 0.6) is 0 Å². The van der Waals surface area contributed by atoms with Gasteiger partial charge in [0, 0.05) is 18.6 Å². The van der Waals surface area contributed by atoms with Gasteiger partial charge in [-0.2, -0.15) is 0 Å². The van der Waals surface area contributed by atoms with Crippen LogP contribution in [0.25, 0.3) is 0 Å². The van der Waals surface area contributed by atoms with E-state index < -0.39 is 6.10 Å². The molecule has 0 aromatic heterocycles. The van der Waals surface area contributed by atoms with Crippen LogP contribution in [0.15, 0.2) is 24.3 Å². The number of nitrogens with zero attached hydrogens (tertiary/aromatic N) is 1. The summed E-state index contributed by atoms with van der Waals surface area (Å²) in [6, 6.07) is 7.17. The number of halogens is 1. The van der Waals surface area contributed by atoms with Crippen molar-refractivity contribution in [3.63, 3.8) is 0 Å². The van der Waals surface area contributed by atoms with Crippen molar-refractivity contribution in [2.24, 2.45) is 0 Å². The lowest BCUT2D eigenvalue weighted by Gasteiger charge is -2.28. The lowest BCUT2D eigenvalue weighted by molar-refractivity contribution is 0.0912. The summed E-state index contributed by atoms with van der Waals surface area (Å²) in [6.07, 6.45) is 1.85. The Bertz CT molecular complexity index is 355. The average molecular weight is 237 g/mol. The largest absolute Gasteiger partial charge is 0.387 e. The maximum Gasteiger partial charge on any atom is 0.123 e. The van der Waals surface area contributed by atoms with Gasteiger partial charge < -0.3 is 5.11 Å². The Morgan fingerprint density at radius 3 is 2.29 bits per heavy atom. The van der Waals surface area contributed by atoms with Crippen molar-refractivity contribution < 1.29 is 9.50 Å². The lowest BCUT2D eigenvalue weighted by atomic mass is 10.1. The van der Waals surface area contributed by atoms with Crippen molar-refractivity contribution in [1.82, 2.24) is 4.90 Å². The summed E-state index contributed by atoms with van der Waals surface area (Å²) in [4.78, 5) is 2.33. The zero-order valence-electron chi connectivity index (χ0n) is 10.4. The van der Waals surface area contributed by atoms with E-state index in [0.717, 1.165) is 5.56 Å². The summed E-state index contributed by atoms with van der Waals surface area (Å²) in [6.45, 7) is 5.02. The van der Waals surface area contributed by atoms with E-state index in [0.29, 0.717) is 18.6 Å². The first-order valence-electron chi connectivity index (χ1n) is 6.27. The number of likely N-dealkylation sites (tertiary alicyclic amines) is 1. The minimum absolute atomic E-state index is 0.260. The molecule has 3 heteroatoms. The fourth-order valence-electron chi connectivity index (χ4n) is 2.60. The molecule has 1 aliphatic rings. The van der Waals surface area contributed by atoms with E-state index in [9.17, 15) is 9.50 Å². The molecule has 0 aliphatic carbocycles. The molecule has 0 spiro atoms. The first-order valence-corrected chi connectivity index (χ1v) is 6.27. The highest BCUT2D eigenvalue weighted by atomic mass is 19.1. The van der Waals surface area contributed by atoms with Crippen LogP contribution in [-0.2, 0) is 0 Å². The van der Waals surface area contributed by atoms with Gasteiger partial charge in [0.2, 0.25) is 0 Å². The van der Waals surface area contributed by atoms with Crippen LogP contribution in [0.4, 0.5) is 4.39 Å². The van der Waals surface area contributed by atoms with Gasteiger partial charge in [-0.1, -0.05) is 12.1 Å². The number of β-amino-alcohol motifs (C(OH)–C–C–N with tert-alkyl or cyclic N) is 1. The van der Waals surface area contributed by atoms with Crippen molar-refractivity contribution in [2.75, 3.05) is 6.54 Å². The highest BCUT2D eigenvalue weighted by Crippen LogP contribution is 2.26. The molecule has 1 N–H and O–H groups in total. The summed E-state index contributed by atoms with van der Waals surface area (Å²) in [7, 11) is 0. The smallest absolute Gasteiger partial charge is 0.123 e. The van der Waals surface area contributed by atoms with Crippen LogP contribution in [-0.4, -0.2) is 28.6 Å². The Labute approximate surface area is 102 Å². The summed E-state index contributed by atoms with van der Waals surface area (Å²) >= 11 is 0. The molecule has 0 bridgehead atoms. The van der Waals surface area contributed by atoms with Crippen LogP contribution in [0.3, 0.4) is 0 Å².